The summed E-state index contributed by atoms with van der Waals surface area (Å²) in [6.07, 6.45) is 4.86. The van der Waals surface area contributed by atoms with E-state index in [-0.39, 0.29) is 16.6 Å². The molecule has 3 heterocycles. The van der Waals surface area contributed by atoms with Crippen molar-refractivity contribution in [2.45, 2.75) is 70.7 Å². The molecule has 0 unspecified atom stereocenters. The molecule has 0 saturated carbocycles. The van der Waals surface area contributed by atoms with Gasteiger partial charge in [0.05, 0.1) is 22.8 Å². The predicted octanol–water partition coefficient (Wildman–Crippen LogP) is 2.75. The molecule has 2 aromatic heterocycles. The van der Waals surface area contributed by atoms with E-state index in [4.69, 9.17) is 14.6 Å². The zero-order valence-corrected chi connectivity index (χ0v) is 24.7. The van der Waals surface area contributed by atoms with E-state index in [0.29, 0.717) is 97.8 Å². The highest BCUT2D eigenvalue weighted by Crippen LogP contribution is 2.34. The van der Waals surface area contributed by atoms with Gasteiger partial charge in [0, 0.05) is 25.2 Å². The molecule has 224 valence electrons. The van der Waals surface area contributed by atoms with Crippen LogP contribution in [0.4, 0.5) is 0 Å². The second-order valence-electron chi connectivity index (χ2n) is 10.2. The monoisotopic (exact) mass is 589 g/mol. The first-order valence-electron chi connectivity index (χ1n) is 14.2. The molecule has 13 heteroatoms. The SMILES string of the molecule is CCCOc1ccc(S(=O)(=O)N2CCC(CCO[NH2+][O-])CC2)cc1-c1nc2c(CCC)c(C=O)n(CC)c2c(=O)[nH]1. The number of piperidine rings is 1. The summed E-state index contributed by atoms with van der Waals surface area (Å²) >= 11 is 0. The number of nitrogens with two attached hydrogens (primary N) is 1. The molecule has 0 spiro atoms. The third kappa shape index (κ3) is 6.38. The molecule has 41 heavy (non-hydrogen) atoms. The van der Waals surface area contributed by atoms with Crippen molar-refractivity contribution in [2.24, 2.45) is 5.92 Å². The number of carbonyl (C=O) groups excluding carboxylic acids is 1. The lowest BCUT2D eigenvalue weighted by atomic mass is 9.95. The van der Waals surface area contributed by atoms with Gasteiger partial charge in [0.15, 0.2) is 6.29 Å². The van der Waals surface area contributed by atoms with Crippen LogP contribution in [0.3, 0.4) is 0 Å². The quantitative estimate of drug-likeness (QED) is 0.165. The molecule has 3 N–H and O–H groups in total. The van der Waals surface area contributed by atoms with Gasteiger partial charge in [-0.15, -0.1) is 0 Å². The van der Waals surface area contributed by atoms with Crippen molar-refractivity contribution < 1.29 is 28.4 Å². The molecule has 1 saturated heterocycles. The molecule has 1 aliphatic heterocycles. The van der Waals surface area contributed by atoms with E-state index in [1.165, 1.54) is 16.4 Å². The predicted molar refractivity (Wildman–Crippen MR) is 154 cm³/mol. The molecule has 0 bridgehead atoms. The lowest BCUT2D eigenvalue weighted by Gasteiger charge is -2.31. The van der Waals surface area contributed by atoms with E-state index in [2.05, 4.69) is 4.98 Å². The fourth-order valence-electron chi connectivity index (χ4n) is 5.48. The van der Waals surface area contributed by atoms with E-state index >= 15 is 0 Å². The molecule has 0 aliphatic carbocycles. The molecule has 0 radical (unpaired) electrons. The van der Waals surface area contributed by atoms with Gasteiger partial charge >= 0.3 is 0 Å². The largest absolute Gasteiger partial charge is 0.601 e. The van der Waals surface area contributed by atoms with Crippen LogP contribution in [-0.2, 0) is 27.8 Å². The van der Waals surface area contributed by atoms with E-state index < -0.39 is 15.6 Å². The lowest BCUT2D eigenvalue weighted by molar-refractivity contribution is -0.850. The summed E-state index contributed by atoms with van der Waals surface area (Å²) in [4.78, 5) is 37.9. The topological polar surface area (TPSA) is 163 Å². The Morgan fingerprint density at radius 1 is 1.17 bits per heavy atom. The van der Waals surface area contributed by atoms with E-state index in [1.807, 2.05) is 20.8 Å². The number of nitrogens with zero attached hydrogens (tertiary/aromatic N) is 3. The Labute approximate surface area is 239 Å². The summed E-state index contributed by atoms with van der Waals surface area (Å²) in [6.45, 7) is 7.69. The smallest absolute Gasteiger partial charge is 0.275 e. The molecule has 0 amide bonds. The number of carbonyl (C=O) groups is 1. The second kappa shape index (κ2) is 13.7. The van der Waals surface area contributed by atoms with Gasteiger partial charge in [0.25, 0.3) is 5.56 Å². The third-order valence-electron chi connectivity index (χ3n) is 7.57. The van der Waals surface area contributed by atoms with Crippen LogP contribution < -0.4 is 15.9 Å². The van der Waals surface area contributed by atoms with Gasteiger partial charge in [-0.05, 0) is 63.1 Å². The van der Waals surface area contributed by atoms with Crippen molar-refractivity contribution in [3.05, 3.63) is 45.0 Å². The summed E-state index contributed by atoms with van der Waals surface area (Å²) in [5.74, 6) is 0.874. The average Bonchev–Trinajstić information content (AvgIpc) is 3.29. The number of ether oxygens (including phenoxy) is 1. The van der Waals surface area contributed by atoms with E-state index in [9.17, 15) is 23.2 Å². The molecule has 1 aromatic carbocycles. The van der Waals surface area contributed by atoms with Crippen molar-refractivity contribution in [3.63, 3.8) is 0 Å². The van der Waals surface area contributed by atoms with Crippen LogP contribution in [0.2, 0.25) is 0 Å². The number of nitrogens with one attached hydrogen (secondary N) is 1. The molecule has 0 atom stereocenters. The fraction of sp³-hybridized carbons (Fsp3) is 0.536. The minimum absolute atomic E-state index is 0.0790. The Morgan fingerprint density at radius 3 is 2.56 bits per heavy atom. The second-order valence-corrected chi connectivity index (χ2v) is 12.1. The van der Waals surface area contributed by atoms with Crippen molar-refractivity contribution in [3.8, 4) is 17.1 Å². The average molecular weight is 590 g/mol. The first-order chi connectivity index (χ1) is 19.8. The number of benzene rings is 1. The van der Waals surface area contributed by atoms with Crippen LogP contribution in [0.15, 0.2) is 27.9 Å². The maximum atomic E-state index is 13.7. The van der Waals surface area contributed by atoms with Crippen molar-refractivity contribution >= 4 is 27.3 Å². The number of quaternary nitrogens is 1. The minimum atomic E-state index is -3.84. The van der Waals surface area contributed by atoms with E-state index in [0.717, 1.165) is 19.1 Å². The number of rotatable bonds is 14. The summed E-state index contributed by atoms with van der Waals surface area (Å²) < 4.78 is 36.5. The Morgan fingerprint density at radius 2 is 1.93 bits per heavy atom. The van der Waals surface area contributed by atoms with Gasteiger partial charge in [-0.3, -0.25) is 9.59 Å². The third-order valence-corrected chi connectivity index (χ3v) is 9.46. The number of hydrogen-bond acceptors (Lipinski definition) is 8. The Kier molecular flexibility index (Phi) is 10.3. The number of H-pyrrole nitrogens is 1. The van der Waals surface area contributed by atoms with Crippen LogP contribution >= 0.6 is 0 Å². The fourth-order valence-corrected chi connectivity index (χ4v) is 6.98. The molecular formula is C28H39N5O7S. The standard InChI is InChI=1S/C28H39N5O7S/c1-4-7-21-23(18-34)33(6-3)26-25(21)29-27(30-28(26)35)22-17-20(8-9-24(22)39-15-5-2)41(37,38)32-13-10-19(11-14-32)12-16-40-31-36/h8-9,17-19H,4-7,10-16,31H2,1-3H3,(H,29,30,35). The summed E-state index contributed by atoms with van der Waals surface area (Å²) in [7, 11) is -3.84. The lowest BCUT2D eigenvalue weighted by Crippen LogP contribution is -2.76. The van der Waals surface area contributed by atoms with Crippen LogP contribution in [0.5, 0.6) is 5.75 Å². The normalized spacial score (nSPS) is 15.0. The van der Waals surface area contributed by atoms with Crippen LogP contribution in [0.1, 0.15) is 68.9 Å². The van der Waals surface area contributed by atoms with E-state index in [1.54, 1.807) is 10.6 Å². The molecular weight excluding hydrogens is 550 g/mol. The minimum Gasteiger partial charge on any atom is -0.601 e. The summed E-state index contributed by atoms with van der Waals surface area (Å²) in [5, 5.41) is 10.4. The Bertz CT molecular complexity index is 1520. The highest BCUT2D eigenvalue weighted by Gasteiger charge is 2.31. The molecule has 1 fully saturated rings. The van der Waals surface area contributed by atoms with Gasteiger partial charge in [-0.2, -0.15) is 4.31 Å². The molecule has 12 nitrogen and oxygen atoms in total. The molecule has 1 aliphatic rings. The summed E-state index contributed by atoms with van der Waals surface area (Å²) in [6, 6.07) is 4.63. The number of aromatic amines is 1. The molecule has 4 rings (SSSR count). The van der Waals surface area contributed by atoms with Crippen LogP contribution in [0.25, 0.3) is 22.4 Å². The van der Waals surface area contributed by atoms with Crippen molar-refractivity contribution in [1.82, 2.24) is 18.8 Å². The Hall–Kier alpha value is -3.10. The van der Waals surface area contributed by atoms with Gasteiger partial charge < -0.3 is 19.5 Å². The Balaban J connectivity index is 1.76. The first kappa shape index (κ1) is 30.8. The van der Waals surface area contributed by atoms with Gasteiger partial charge in [0.2, 0.25) is 10.0 Å². The zero-order valence-electron chi connectivity index (χ0n) is 23.8. The first-order valence-corrected chi connectivity index (χ1v) is 15.7. The zero-order chi connectivity index (χ0) is 29.6. The van der Waals surface area contributed by atoms with Gasteiger partial charge in [0.1, 0.15) is 29.2 Å². The summed E-state index contributed by atoms with van der Waals surface area (Å²) in [5.41, 5.74) is 2.27. The number of sulfonamides is 1. The number of fused-ring (bicyclic) bond motifs is 1. The maximum Gasteiger partial charge on any atom is 0.275 e. The van der Waals surface area contributed by atoms with Gasteiger partial charge in [-0.1, -0.05) is 20.3 Å². The number of hydrogen-bond donors (Lipinski definition) is 2. The number of aromatic nitrogens is 3. The maximum absolute atomic E-state index is 13.7. The van der Waals surface area contributed by atoms with Crippen LogP contribution in [0, 0.1) is 11.1 Å². The van der Waals surface area contributed by atoms with Crippen molar-refractivity contribution in [2.75, 3.05) is 26.3 Å². The highest BCUT2D eigenvalue weighted by molar-refractivity contribution is 7.89. The van der Waals surface area contributed by atoms with Crippen LogP contribution in [-0.4, -0.2) is 59.8 Å². The van der Waals surface area contributed by atoms with Crippen molar-refractivity contribution in [1.29, 1.82) is 0 Å². The van der Waals surface area contributed by atoms with Gasteiger partial charge in [-0.25, -0.2) is 23.9 Å². The molecule has 3 aromatic rings. The number of aldehydes is 1. The number of aryl methyl sites for hydroxylation is 2. The highest BCUT2D eigenvalue weighted by atomic mass is 32.2.